The number of anilines is 1. The number of para-hydroxylation sites is 1. The molecule has 1 aromatic carbocycles. The van der Waals surface area contributed by atoms with Crippen LogP contribution < -0.4 is 10.5 Å². The highest BCUT2D eigenvalue weighted by Gasteiger charge is 2.22. The first kappa shape index (κ1) is 14.1. The predicted octanol–water partition coefficient (Wildman–Crippen LogP) is 1.98. The maximum Gasteiger partial charge on any atom is 0.279 e. The number of rotatable bonds is 4. The Morgan fingerprint density at radius 2 is 1.95 bits per heavy atom. The van der Waals surface area contributed by atoms with Gasteiger partial charge in [-0.15, -0.1) is 0 Å². The maximum atomic E-state index is 12.2. The van der Waals surface area contributed by atoms with E-state index in [9.17, 15) is 8.42 Å². The van der Waals surface area contributed by atoms with Crippen molar-refractivity contribution < 1.29 is 8.42 Å². The number of hydrogen-bond donors (Lipinski definition) is 3. The van der Waals surface area contributed by atoms with Crippen LogP contribution in [0.3, 0.4) is 0 Å². The Labute approximate surface area is 120 Å². The minimum Gasteiger partial charge on any atom is -0.326 e. The van der Waals surface area contributed by atoms with Crippen LogP contribution in [0.2, 0.25) is 10.0 Å². The van der Waals surface area contributed by atoms with E-state index in [0.29, 0.717) is 5.56 Å². The summed E-state index contributed by atoms with van der Waals surface area (Å²) in [6.45, 7) is 0.0446. The number of hydrogen-bond acceptors (Lipinski definition) is 4. The van der Waals surface area contributed by atoms with Crippen molar-refractivity contribution in [1.82, 2.24) is 10.2 Å². The van der Waals surface area contributed by atoms with Gasteiger partial charge in [0.1, 0.15) is 0 Å². The van der Waals surface area contributed by atoms with Crippen molar-refractivity contribution in [1.29, 1.82) is 0 Å². The summed E-state index contributed by atoms with van der Waals surface area (Å²) in [4.78, 5) is 0. The zero-order chi connectivity index (χ0) is 14.0. The molecule has 0 aliphatic heterocycles. The number of nitrogens with two attached hydrogens (primary N) is 1. The van der Waals surface area contributed by atoms with Gasteiger partial charge in [0, 0.05) is 12.1 Å². The predicted molar refractivity (Wildman–Crippen MR) is 73.7 cm³/mol. The average Bonchev–Trinajstić information content (AvgIpc) is 2.83. The van der Waals surface area contributed by atoms with Crippen LogP contribution in [0.15, 0.2) is 29.4 Å². The largest absolute Gasteiger partial charge is 0.326 e. The molecule has 0 aliphatic rings. The number of benzene rings is 1. The van der Waals surface area contributed by atoms with Gasteiger partial charge in [0.25, 0.3) is 10.0 Å². The summed E-state index contributed by atoms with van der Waals surface area (Å²) < 4.78 is 26.7. The molecule has 0 fully saturated rings. The van der Waals surface area contributed by atoms with E-state index in [1.54, 1.807) is 6.07 Å². The molecule has 2 rings (SSSR count). The van der Waals surface area contributed by atoms with Crippen LogP contribution in [0, 0.1) is 0 Å². The second-order valence-corrected chi connectivity index (χ2v) is 6.06. The molecular weight excluding hydrogens is 311 g/mol. The quantitative estimate of drug-likeness (QED) is 0.801. The van der Waals surface area contributed by atoms with Crippen molar-refractivity contribution in [2.45, 2.75) is 11.6 Å². The molecule has 0 unspecified atom stereocenters. The average molecular weight is 321 g/mol. The molecule has 1 aromatic heterocycles. The number of aromatic nitrogens is 2. The highest BCUT2D eigenvalue weighted by Crippen LogP contribution is 2.31. The molecule has 0 atom stereocenters. The minimum absolute atomic E-state index is 0.0446. The first-order valence-corrected chi connectivity index (χ1v) is 7.38. The van der Waals surface area contributed by atoms with Crippen LogP contribution in [0.25, 0.3) is 0 Å². The van der Waals surface area contributed by atoms with Crippen LogP contribution in [-0.4, -0.2) is 18.6 Å². The monoisotopic (exact) mass is 320 g/mol. The maximum absolute atomic E-state index is 12.2. The number of aromatic amines is 1. The zero-order valence-electron chi connectivity index (χ0n) is 9.52. The van der Waals surface area contributed by atoms with Gasteiger partial charge in [-0.25, -0.2) is 0 Å². The van der Waals surface area contributed by atoms with E-state index in [0.717, 1.165) is 0 Å². The molecule has 1 heterocycles. The van der Waals surface area contributed by atoms with E-state index in [-0.39, 0.29) is 27.3 Å². The highest BCUT2D eigenvalue weighted by molar-refractivity contribution is 7.92. The topological polar surface area (TPSA) is 101 Å². The Morgan fingerprint density at radius 3 is 2.53 bits per heavy atom. The summed E-state index contributed by atoms with van der Waals surface area (Å²) in [7, 11) is -3.87. The van der Waals surface area contributed by atoms with Crippen LogP contribution in [-0.2, 0) is 16.6 Å². The molecule has 6 nitrogen and oxygen atoms in total. The van der Waals surface area contributed by atoms with E-state index >= 15 is 0 Å². The van der Waals surface area contributed by atoms with Gasteiger partial charge in [0.05, 0.1) is 21.9 Å². The minimum atomic E-state index is -3.87. The number of nitrogens with zero attached hydrogens (tertiary/aromatic N) is 1. The molecule has 0 spiro atoms. The molecule has 9 heteroatoms. The molecule has 0 bridgehead atoms. The molecule has 0 saturated carbocycles. The van der Waals surface area contributed by atoms with Crippen molar-refractivity contribution in [2.75, 3.05) is 4.72 Å². The smallest absolute Gasteiger partial charge is 0.279 e. The van der Waals surface area contributed by atoms with Gasteiger partial charge in [-0.3, -0.25) is 9.82 Å². The van der Waals surface area contributed by atoms with Crippen LogP contribution in [0.4, 0.5) is 5.69 Å². The Morgan fingerprint density at radius 1 is 1.32 bits per heavy atom. The molecule has 0 amide bonds. The van der Waals surface area contributed by atoms with E-state index in [1.165, 1.54) is 18.3 Å². The summed E-state index contributed by atoms with van der Waals surface area (Å²) >= 11 is 11.8. The molecule has 0 aliphatic carbocycles. The third kappa shape index (κ3) is 2.84. The molecule has 2 aromatic rings. The zero-order valence-corrected chi connectivity index (χ0v) is 11.9. The first-order valence-electron chi connectivity index (χ1n) is 5.15. The van der Waals surface area contributed by atoms with Crippen molar-refractivity contribution in [2.24, 2.45) is 5.73 Å². The summed E-state index contributed by atoms with van der Waals surface area (Å²) in [6.07, 6.45) is 1.35. The molecule has 4 N–H and O–H groups in total. The van der Waals surface area contributed by atoms with Gasteiger partial charge in [0.15, 0.2) is 5.03 Å². The van der Waals surface area contributed by atoms with Crippen molar-refractivity contribution in [3.05, 3.63) is 40.0 Å². The lowest BCUT2D eigenvalue weighted by atomic mass is 10.3. The lowest BCUT2D eigenvalue weighted by Gasteiger charge is -2.10. The molecule has 0 saturated heterocycles. The Kier molecular flexibility index (Phi) is 4.00. The van der Waals surface area contributed by atoms with Crippen molar-refractivity contribution >= 4 is 38.9 Å². The standard InChI is InChI=1S/C10H10Cl2N4O2S/c11-7-2-1-3-8(12)9(7)16-19(17,18)10-6(4-13)5-14-15-10/h1-3,5,16H,4,13H2,(H,14,15). The van der Waals surface area contributed by atoms with Crippen LogP contribution in [0.1, 0.15) is 5.56 Å². The first-order chi connectivity index (χ1) is 8.95. The number of halogens is 2. The molecule has 0 radical (unpaired) electrons. The van der Waals surface area contributed by atoms with Gasteiger partial charge in [0.2, 0.25) is 0 Å². The van der Waals surface area contributed by atoms with Crippen molar-refractivity contribution in [3.63, 3.8) is 0 Å². The molecule has 19 heavy (non-hydrogen) atoms. The summed E-state index contributed by atoms with van der Waals surface area (Å²) in [5.41, 5.74) is 5.93. The van der Waals surface area contributed by atoms with Gasteiger partial charge < -0.3 is 5.73 Å². The second kappa shape index (κ2) is 5.38. The number of nitrogens with one attached hydrogen (secondary N) is 2. The summed E-state index contributed by atoms with van der Waals surface area (Å²) in [5.74, 6) is 0. The Balaban J connectivity index is 2.43. The van der Waals surface area contributed by atoms with E-state index < -0.39 is 10.0 Å². The van der Waals surface area contributed by atoms with E-state index in [2.05, 4.69) is 14.9 Å². The van der Waals surface area contributed by atoms with Gasteiger partial charge in [-0.1, -0.05) is 29.3 Å². The summed E-state index contributed by atoms with van der Waals surface area (Å²) in [6, 6.07) is 4.67. The Hall–Kier alpha value is -1.28. The fraction of sp³-hybridized carbons (Fsp3) is 0.100. The van der Waals surface area contributed by atoms with Crippen LogP contribution in [0.5, 0.6) is 0 Å². The number of sulfonamides is 1. The fourth-order valence-corrected chi connectivity index (χ4v) is 3.31. The Bertz CT molecular complexity index is 679. The SMILES string of the molecule is NCc1cn[nH]c1S(=O)(=O)Nc1c(Cl)cccc1Cl. The third-order valence-electron chi connectivity index (χ3n) is 2.37. The lowest BCUT2D eigenvalue weighted by Crippen LogP contribution is -2.16. The fourth-order valence-electron chi connectivity index (χ4n) is 1.46. The summed E-state index contributed by atoms with van der Waals surface area (Å²) in [5, 5.41) is 6.34. The third-order valence-corrected chi connectivity index (χ3v) is 4.36. The van der Waals surface area contributed by atoms with E-state index in [4.69, 9.17) is 28.9 Å². The van der Waals surface area contributed by atoms with E-state index in [1.807, 2.05) is 0 Å². The van der Waals surface area contributed by atoms with Gasteiger partial charge in [-0.2, -0.15) is 13.5 Å². The van der Waals surface area contributed by atoms with Crippen LogP contribution >= 0.6 is 23.2 Å². The second-order valence-electron chi connectivity index (χ2n) is 3.63. The van der Waals surface area contributed by atoms with Crippen molar-refractivity contribution in [3.8, 4) is 0 Å². The highest BCUT2D eigenvalue weighted by atomic mass is 35.5. The van der Waals surface area contributed by atoms with Gasteiger partial charge >= 0.3 is 0 Å². The molecule has 102 valence electrons. The normalized spacial score (nSPS) is 11.5. The molecular formula is C10H10Cl2N4O2S. The lowest BCUT2D eigenvalue weighted by molar-refractivity contribution is 0.596. The van der Waals surface area contributed by atoms with Gasteiger partial charge in [-0.05, 0) is 12.1 Å². The number of H-pyrrole nitrogens is 1.